The van der Waals surface area contributed by atoms with E-state index in [0.717, 1.165) is 24.2 Å². The van der Waals surface area contributed by atoms with Gasteiger partial charge in [-0.25, -0.2) is 13.9 Å². The number of nitrogens with one attached hydrogen (secondary N) is 2. The van der Waals surface area contributed by atoms with Gasteiger partial charge in [-0.15, -0.1) is 5.10 Å². The van der Waals surface area contributed by atoms with Gasteiger partial charge in [0.1, 0.15) is 17.9 Å². The number of anilines is 1. The van der Waals surface area contributed by atoms with E-state index in [1.165, 1.54) is 10.7 Å². The molecule has 10 heteroatoms. The van der Waals surface area contributed by atoms with Gasteiger partial charge >= 0.3 is 6.03 Å². The van der Waals surface area contributed by atoms with Crippen LogP contribution in [0.1, 0.15) is 43.4 Å². The summed E-state index contributed by atoms with van der Waals surface area (Å²) in [4.78, 5) is 38.5. The molecule has 2 aliphatic rings. The summed E-state index contributed by atoms with van der Waals surface area (Å²) in [6.45, 7) is 1.46. The van der Waals surface area contributed by atoms with Crippen molar-refractivity contribution in [2.75, 3.05) is 11.9 Å². The molecule has 0 atom stereocenters. The number of imide groups is 1. The van der Waals surface area contributed by atoms with Gasteiger partial charge in [0.05, 0.1) is 12.2 Å². The number of carbonyl (C=O) groups excluding carboxylic acids is 3. The van der Waals surface area contributed by atoms with Crippen LogP contribution >= 0.6 is 0 Å². The smallest absolute Gasteiger partial charge is 0.323 e. The minimum absolute atomic E-state index is 0.164. The summed E-state index contributed by atoms with van der Waals surface area (Å²) in [5.41, 5.74) is 0.113. The molecule has 0 unspecified atom stereocenters. The summed E-state index contributed by atoms with van der Waals surface area (Å²) in [5, 5.41) is 13.3. The highest BCUT2D eigenvalue weighted by Crippen LogP contribution is 2.33. The fourth-order valence-electron chi connectivity index (χ4n) is 4.04. The topological polar surface area (TPSA) is 109 Å². The molecule has 1 saturated heterocycles. The number of nitrogens with zero attached hydrogens (tertiary/aromatic N) is 4. The van der Waals surface area contributed by atoms with Crippen molar-refractivity contribution in [2.24, 2.45) is 0 Å². The first-order valence-corrected chi connectivity index (χ1v) is 9.97. The maximum absolute atomic E-state index is 13.9. The minimum Gasteiger partial charge on any atom is -0.323 e. The van der Waals surface area contributed by atoms with Gasteiger partial charge in [-0.05, 0) is 25.8 Å². The van der Waals surface area contributed by atoms with Crippen molar-refractivity contribution < 1.29 is 18.8 Å². The van der Waals surface area contributed by atoms with Crippen LogP contribution in [0, 0.1) is 12.7 Å². The summed E-state index contributed by atoms with van der Waals surface area (Å²) >= 11 is 0. The molecule has 4 amide bonds. The molecule has 30 heavy (non-hydrogen) atoms. The van der Waals surface area contributed by atoms with E-state index in [1.54, 1.807) is 25.1 Å². The Morgan fingerprint density at radius 2 is 1.97 bits per heavy atom. The molecule has 1 spiro atoms. The second kappa shape index (κ2) is 7.85. The first-order chi connectivity index (χ1) is 14.4. The lowest BCUT2D eigenvalue weighted by Gasteiger charge is -2.30. The van der Waals surface area contributed by atoms with E-state index >= 15 is 0 Å². The predicted octanol–water partition coefficient (Wildman–Crippen LogP) is 1.97. The molecule has 1 aromatic carbocycles. The standard InChI is InChI=1S/C20H23FN6O3/c1-13-17(24-25-27(13)11-14-7-3-4-8-15(14)21)22-16(28)12-26-18(29)20(23-19(26)30)9-5-2-6-10-20/h3-4,7-8H,2,5-6,9-12H2,1H3,(H,22,28)(H,23,30). The average molecular weight is 414 g/mol. The number of amides is 4. The molecule has 2 heterocycles. The van der Waals surface area contributed by atoms with Crippen LogP contribution in [0.25, 0.3) is 0 Å². The Morgan fingerprint density at radius 1 is 1.23 bits per heavy atom. The molecule has 9 nitrogen and oxygen atoms in total. The molecule has 1 aliphatic heterocycles. The van der Waals surface area contributed by atoms with E-state index in [1.807, 2.05) is 0 Å². The molecule has 0 bridgehead atoms. The third-order valence-corrected chi connectivity index (χ3v) is 5.77. The fourth-order valence-corrected chi connectivity index (χ4v) is 4.04. The van der Waals surface area contributed by atoms with E-state index in [9.17, 15) is 18.8 Å². The fraction of sp³-hybridized carbons (Fsp3) is 0.450. The number of hydrogen-bond acceptors (Lipinski definition) is 5. The highest BCUT2D eigenvalue weighted by atomic mass is 19.1. The van der Waals surface area contributed by atoms with Crippen molar-refractivity contribution >= 4 is 23.7 Å². The molecule has 0 radical (unpaired) electrons. The van der Waals surface area contributed by atoms with Crippen molar-refractivity contribution in [2.45, 2.75) is 51.1 Å². The van der Waals surface area contributed by atoms with Crippen LogP contribution in [-0.4, -0.2) is 49.8 Å². The van der Waals surface area contributed by atoms with Crippen molar-refractivity contribution in [1.82, 2.24) is 25.2 Å². The number of hydrogen-bond donors (Lipinski definition) is 2. The van der Waals surface area contributed by atoms with Crippen LogP contribution in [0.3, 0.4) is 0 Å². The molecule has 1 aromatic heterocycles. The molecule has 1 saturated carbocycles. The van der Waals surface area contributed by atoms with Crippen LogP contribution in [0.2, 0.25) is 0 Å². The number of carbonyl (C=O) groups is 3. The number of benzene rings is 1. The monoisotopic (exact) mass is 414 g/mol. The van der Waals surface area contributed by atoms with Crippen LogP contribution in [0.4, 0.5) is 15.0 Å². The van der Waals surface area contributed by atoms with Crippen LogP contribution in [0.5, 0.6) is 0 Å². The summed E-state index contributed by atoms with van der Waals surface area (Å²) in [7, 11) is 0. The first-order valence-electron chi connectivity index (χ1n) is 9.97. The Kier molecular flexibility index (Phi) is 5.23. The lowest BCUT2D eigenvalue weighted by molar-refractivity contribution is -0.134. The SMILES string of the molecule is Cc1c(NC(=O)CN2C(=O)NC3(CCCCC3)C2=O)nnn1Cc1ccccc1F. The van der Waals surface area contributed by atoms with E-state index in [2.05, 4.69) is 20.9 Å². The van der Waals surface area contributed by atoms with Crippen LogP contribution < -0.4 is 10.6 Å². The molecule has 1 aliphatic carbocycles. The van der Waals surface area contributed by atoms with Crippen molar-refractivity contribution in [3.8, 4) is 0 Å². The van der Waals surface area contributed by atoms with E-state index < -0.39 is 24.0 Å². The predicted molar refractivity (Wildman–Crippen MR) is 105 cm³/mol. The van der Waals surface area contributed by atoms with Gasteiger partial charge < -0.3 is 10.6 Å². The van der Waals surface area contributed by atoms with Gasteiger partial charge in [0.2, 0.25) is 5.91 Å². The second-order valence-electron chi connectivity index (χ2n) is 7.78. The normalized spacial score (nSPS) is 18.0. The summed E-state index contributed by atoms with van der Waals surface area (Å²) in [6, 6.07) is 5.79. The lowest BCUT2D eigenvalue weighted by atomic mass is 9.82. The van der Waals surface area contributed by atoms with Crippen LogP contribution in [-0.2, 0) is 16.1 Å². The van der Waals surface area contributed by atoms with Crippen molar-refractivity contribution in [1.29, 1.82) is 0 Å². The van der Waals surface area contributed by atoms with Gasteiger partial charge in [0.15, 0.2) is 5.82 Å². The summed E-state index contributed by atoms with van der Waals surface area (Å²) in [5.74, 6) is -1.04. The average Bonchev–Trinajstić information content (AvgIpc) is 3.17. The van der Waals surface area contributed by atoms with Gasteiger partial charge in [0.25, 0.3) is 5.91 Å². The third kappa shape index (κ3) is 3.64. The first kappa shape index (κ1) is 20.0. The molecule has 2 fully saturated rings. The Labute approximate surface area is 172 Å². The highest BCUT2D eigenvalue weighted by Gasteiger charge is 2.51. The van der Waals surface area contributed by atoms with Crippen LogP contribution in [0.15, 0.2) is 24.3 Å². The Morgan fingerprint density at radius 3 is 2.70 bits per heavy atom. The number of urea groups is 1. The minimum atomic E-state index is -0.867. The van der Waals surface area contributed by atoms with Gasteiger partial charge in [0, 0.05) is 5.56 Å². The molecule has 4 rings (SSSR count). The molecule has 158 valence electrons. The van der Waals surface area contributed by atoms with Gasteiger partial charge in [-0.2, -0.15) is 0 Å². The maximum Gasteiger partial charge on any atom is 0.325 e. The third-order valence-electron chi connectivity index (χ3n) is 5.77. The van der Waals surface area contributed by atoms with Gasteiger partial charge in [-0.1, -0.05) is 42.7 Å². The number of rotatable bonds is 5. The molecular weight excluding hydrogens is 391 g/mol. The van der Waals surface area contributed by atoms with E-state index in [-0.39, 0.29) is 24.1 Å². The zero-order valence-electron chi connectivity index (χ0n) is 16.7. The molecular formula is C20H23FN6O3. The quantitative estimate of drug-likeness (QED) is 0.727. The lowest BCUT2D eigenvalue weighted by Crippen LogP contribution is -2.48. The van der Waals surface area contributed by atoms with Crippen molar-refractivity contribution in [3.05, 3.63) is 41.3 Å². The Hall–Kier alpha value is -3.30. The zero-order chi connectivity index (χ0) is 21.3. The second-order valence-corrected chi connectivity index (χ2v) is 7.78. The molecule has 2 aromatic rings. The van der Waals surface area contributed by atoms with Gasteiger partial charge in [-0.3, -0.25) is 14.5 Å². The summed E-state index contributed by atoms with van der Waals surface area (Å²) in [6.07, 6.45) is 3.97. The number of aromatic nitrogens is 3. The highest BCUT2D eigenvalue weighted by molar-refractivity contribution is 6.10. The van der Waals surface area contributed by atoms with Crippen molar-refractivity contribution in [3.63, 3.8) is 0 Å². The largest absolute Gasteiger partial charge is 0.325 e. The zero-order valence-corrected chi connectivity index (χ0v) is 16.7. The molecule has 2 N–H and O–H groups in total. The summed E-state index contributed by atoms with van der Waals surface area (Å²) < 4.78 is 15.3. The Balaban J connectivity index is 1.41. The Bertz CT molecular complexity index is 998. The van der Waals surface area contributed by atoms with E-state index in [0.29, 0.717) is 24.1 Å². The van der Waals surface area contributed by atoms with E-state index in [4.69, 9.17) is 0 Å². The maximum atomic E-state index is 13.9. The number of halogens is 1.